The van der Waals surface area contributed by atoms with Gasteiger partial charge in [0.15, 0.2) is 17.5 Å². The molecule has 1 aromatic carbocycles. The van der Waals surface area contributed by atoms with E-state index in [1.165, 1.54) is 10.9 Å². The lowest BCUT2D eigenvalue weighted by molar-refractivity contribution is -0.126. The Balaban J connectivity index is 1.67. The van der Waals surface area contributed by atoms with Crippen LogP contribution in [0.4, 0.5) is 13.2 Å². The van der Waals surface area contributed by atoms with Crippen molar-refractivity contribution in [2.45, 2.75) is 19.9 Å². The molecule has 1 amide bonds. The van der Waals surface area contributed by atoms with Crippen LogP contribution in [0.15, 0.2) is 36.2 Å². The number of carbonyl (C=O) groups is 1. The normalized spacial score (nSPS) is 14.3. The van der Waals surface area contributed by atoms with Crippen LogP contribution in [0.2, 0.25) is 0 Å². The zero-order chi connectivity index (χ0) is 22.3. The SMILES string of the molecule is CC(N)=C(C(=O)N1CCc2c(nn(C)c2-c2cc(F)c(F)c(F)c2)C1)c1cccnn1. The lowest BCUT2D eigenvalue weighted by Crippen LogP contribution is -2.37. The maximum absolute atomic E-state index is 13.8. The second-order valence-corrected chi connectivity index (χ2v) is 7.29. The van der Waals surface area contributed by atoms with Crippen molar-refractivity contribution in [1.29, 1.82) is 0 Å². The summed E-state index contributed by atoms with van der Waals surface area (Å²) in [5, 5.41) is 12.2. The molecular weight excluding hydrogens is 409 g/mol. The molecule has 0 fully saturated rings. The summed E-state index contributed by atoms with van der Waals surface area (Å²) in [6, 6.07) is 5.21. The number of hydrogen-bond acceptors (Lipinski definition) is 5. The maximum Gasteiger partial charge on any atom is 0.258 e. The maximum atomic E-state index is 13.8. The molecule has 2 aromatic heterocycles. The third kappa shape index (κ3) is 3.65. The molecule has 0 bridgehead atoms. The Kier molecular flexibility index (Phi) is 5.22. The van der Waals surface area contributed by atoms with Crippen molar-refractivity contribution in [3.63, 3.8) is 0 Å². The van der Waals surface area contributed by atoms with E-state index >= 15 is 0 Å². The number of fused-ring (bicyclic) bond motifs is 1. The fourth-order valence-corrected chi connectivity index (χ4v) is 3.82. The van der Waals surface area contributed by atoms with Gasteiger partial charge in [0.2, 0.25) is 0 Å². The predicted octanol–water partition coefficient (Wildman–Crippen LogP) is 2.57. The van der Waals surface area contributed by atoms with Crippen molar-refractivity contribution in [2.24, 2.45) is 12.8 Å². The van der Waals surface area contributed by atoms with Gasteiger partial charge in [0.1, 0.15) is 5.69 Å². The summed E-state index contributed by atoms with van der Waals surface area (Å²) >= 11 is 0. The van der Waals surface area contributed by atoms with E-state index in [9.17, 15) is 18.0 Å². The first-order valence-electron chi connectivity index (χ1n) is 9.51. The molecule has 7 nitrogen and oxygen atoms in total. The quantitative estimate of drug-likeness (QED) is 0.512. The number of aromatic nitrogens is 4. The van der Waals surface area contributed by atoms with Crippen molar-refractivity contribution in [1.82, 2.24) is 24.9 Å². The van der Waals surface area contributed by atoms with Gasteiger partial charge < -0.3 is 10.6 Å². The van der Waals surface area contributed by atoms with Gasteiger partial charge in [-0.1, -0.05) is 0 Å². The number of allylic oxidation sites excluding steroid dienone is 1. The van der Waals surface area contributed by atoms with E-state index in [1.54, 1.807) is 31.0 Å². The minimum Gasteiger partial charge on any atom is -0.402 e. The zero-order valence-corrected chi connectivity index (χ0v) is 16.9. The van der Waals surface area contributed by atoms with Crippen LogP contribution in [0.25, 0.3) is 16.8 Å². The topological polar surface area (TPSA) is 89.9 Å². The number of amides is 1. The van der Waals surface area contributed by atoms with E-state index in [4.69, 9.17) is 5.73 Å². The summed E-state index contributed by atoms with van der Waals surface area (Å²) in [4.78, 5) is 14.8. The highest BCUT2D eigenvalue weighted by Gasteiger charge is 2.30. The number of nitrogens with zero attached hydrogens (tertiary/aromatic N) is 5. The van der Waals surface area contributed by atoms with E-state index < -0.39 is 17.5 Å². The fraction of sp³-hybridized carbons (Fsp3) is 0.238. The molecule has 0 aliphatic carbocycles. The second-order valence-electron chi connectivity index (χ2n) is 7.29. The third-order valence-corrected chi connectivity index (χ3v) is 5.18. The molecule has 0 saturated carbocycles. The monoisotopic (exact) mass is 428 g/mol. The van der Waals surface area contributed by atoms with Gasteiger partial charge in [-0.2, -0.15) is 15.3 Å². The van der Waals surface area contributed by atoms with Crippen LogP contribution >= 0.6 is 0 Å². The largest absolute Gasteiger partial charge is 0.402 e. The lowest BCUT2D eigenvalue weighted by Gasteiger charge is -2.27. The highest BCUT2D eigenvalue weighted by molar-refractivity contribution is 6.19. The minimum absolute atomic E-state index is 0.186. The Bertz CT molecular complexity index is 1180. The molecule has 0 unspecified atom stereocenters. The Labute approximate surface area is 176 Å². The van der Waals surface area contributed by atoms with Gasteiger partial charge in [-0.25, -0.2) is 13.2 Å². The van der Waals surface area contributed by atoms with Gasteiger partial charge in [0.05, 0.1) is 23.5 Å². The van der Waals surface area contributed by atoms with Gasteiger partial charge in [-0.05, 0) is 37.6 Å². The average Bonchev–Trinajstić information content (AvgIpc) is 3.07. The van der Waals surface area contributed by atoms with Gasteiger partial charge in [-0.3, -0.25) is 9.48 Å². The molecule has 31 heavy (non-hydrogen) atoms. The number of carbonyl (C=O) groups excluding carboxylic acids is 1. The molecule has 1 aliphatic heterocycles. The summed E-state index contributed by atoms with van der Waals surface area (Å²) < 4.78 is 42.4. The molecule has 0 spiro atoms. The van der Waals surface area contributed by atoms with Gasteiger partial charge in [0, 0.05) is 36.6 Å². The molecular formula is C21H19F3N6O. The van der Waals surface area contributed by atoms with Crippen molar-refractivity contribution >= 4 is 11.5 Å². The summed E-state index contributed by atoms with van der Waals surface area (Å²) in [5.74, 6) is -4.36. The molecule has 2 N–H and O–H groups in total. The van der Waals surface area contributed by atoms with Crippen LogP contribution in [0.3, 0.4) is 0 Å². The van der Waals surface area contributed by atoms with Crippen LogP contribution in [0.1, 0.15) is 23.9 Å². The molecule has 3 heterocycles. The van der Waals surface area contributed by atoms with Crippen molar-refractivity contribution in [2.75, 3.05) is 6.54 Å². The molecule has 160 valence electrons. The van der Waals surface area contributed by atoms with Gasteiger partial charge in [0.25, 0.3) is 5.91 Å². The smallest absolute Gasteiger partial charge is 0.258 e. The first kappa shape index (κ1) is 20.6. The van der Waals surface area contributed by atoms with Crippen LogP contribution in [-0.4, -0.2) is 37.3 Å². The molecule has 0 saturated heterocycles. The van der Waals surface area contributed by atoms with Crippen LogP contribution in [0, 0.1) is 17.5 Å². The highest BCUT2D eigenvalue weighted by Crippen LogP contribution is 2.32. The van der Waals surface area contributed by atoms with E-state index in [2.05, 4.69) is 15.3 Å². The summed E-state index contributed by atoms with van der Waals surface area (Å²) in [6.07, 6.45) is 1.91. The Morgan fingerprint density at radius 3 is 2.52 bits per heavy atom. The number of aryl methyl sites for hydroxylation is 1. The number of halogens is 3. The Morgan fingerprint density at radius 2 is 1.90 bits per heavy atom. The first-order chi connectivity index (χ1) is 14.8. The van der Waals surface area contributed by atoms with E-state index in [1.807, 2.05) is 0 Å². The standard InChI is InChI=1S/C21H19F3N6O/c1-11(25)18(16-4-3-6-26-27-16)21(31)30-7-5-13-17(10-30)28-29(2)20(13)12-8-14(22)19(24)15(23)9-12/h3-4,6,8-9H,5,7,10,25H2,1-2H3. The van der Waals surface area contributed by atoms with Crippen LogP contribution in [-0.2, 0) is 24.8 Å². The zero-order valence-electron chi connectivity index (χ0n) is 16.9. The van der Waals surface area contributed by atoms with Crippen molar-refractivity contribution in [3.05, 3.63) is 70.6 Å². The highest BCUT2D eigenvalue weighted by atomic mass is 19.2. The molecule has 0 atom stereocenters. The fourth-order valence-electron chi connectivity index (χ4n) is 3.82. The predicted molar refractivity (Wildman–Crippen MR) is 106 cm³/mol. The van der Waals surface area contributed by atoms with Crippen molar-refractivity contribution < 1.29 is 18.0 Å². The van der Waals surface area contributed by atoms with Crippen LogP contribution in [0.5, 0.6) is 0 Å². The Hall–Kier alpha value is -3.69. The van der Waals surface area contributed by atoms with Crippen LogP contribution < -0.4 is 5.73 Å². The summed E-state index contributed by atoms with van der Waals surface area (Å²) in [5.41, 5.74) is 8.93. The lowest BCUT2D eigenvalue weighted by atomic mass is 9.98. The molecule has 0 radical (unpaired) electrons. The third-order valence-electron chi connectivity index (χ3n) is 5.18. The van der Waals surface area contributed by atoms with E-state index in [-0.39, 0.29) is 23.6 Å². The molecule has 10 heteroatoms. The van der Waals surface area contributed by atoms with E-state index in [0.717, 1.165) is 17.7 Å². The summed E-state index contributed by atoms with van der Waals surface area (Å²) in [7, 11) is 1.63. The van der Waals surface area contributed by atoms with Gasteiger partial charge >= 0.3 is 0 Å². The Morgan fingerprint density at radius 1 is 1.19 bits per heavy atom. The van der Waals surface area contributed by atoms with E-state index in [0.29, 0.717) is 35.7 Å². The number of benzene rings is 1. The summed E-state index contributed by atoms with van der Waals surface area (Å²) in [6.45, 7) is 2.15. The van der Waals surface area contributed by atoms with Gasteiger partial charge in [-0.15, -0.1) is 0 Å². The second kappa shape index (κ2) is 7.86. The van der Waals surface area contributed by atoms with Crippen molar-refractivity contribution in [3.8, 4) is 11.3 Å². The average molecular weight is 428 g/mol. The number of nitrogens with two attached hydrogens (primary N) is 1. The number of hydrogen-bond donors (Lipinski definition) is 1. The molecule has 3 aromatic rings. The molecule has 1 aliphatic rings. The molecule has 4 rings (SSSR count). The number of rotatable bonds is 3. The minimum atomic E-state index is -1.52. The first-order valence-corrected chi connectivity index (χ1v) is 9.51.